The molecule has 1 fully saturated rings. The van der Waals surface area contributed by atoms with Gasteiger partial charge in [0.15, 0.2) is 0 Å². The van der Waals surface area contributed by atoms with Gasteiger partial charge in [0.05, 0.1) is 12.1 Å². The maximum atomic E-state index is 11.7. The van der Waals surface area contributed by atoms with Crippen LogP contribution in [0, 0.1) is 0 Å². The Morgan fingerprint density at radius 2 is 2.00 bits per heavy atom. The number of carbonyl (C=O) groups excluding carboxylic acids is 1. The van der Waals surface area contributed by atoms with Gasteiger partial charge in [-0.2, -0.15) is 0 Å². The normalized spacial score (nSPS) is 16.8. The van der Waals surface area contributed by atoms with Gasteiger partial charge in [-0.15, -0.1) is 0 Å². The van der Waals surface area contributed by atoms with Crippen LogP contribution in [0.3, 0.4) is 0 Å². The SMILES string of the molecule is CCOC(C)(C)CNCC(=O)N1CCCC1. The number of likely N-dealkylation sites (tertiary alicyclic amines) is 1. The summed E-state index contributed by atoms with van der Waals surface area (Å²) in [5.41, 5.74) is -0.194. The summed E-state index contributed by atoms with van der Waals surface area (Å²) in [4.78, 5) is 13.6. The van der Waals surface area contributed by atoms with Crippen molar-refractivity contribution in [3.63, 3.8) is 0 Å². The van der Waals surface area contributed by atoms with E-state index in [1.807, 2.05) is 25.7 Å². The second-order valence-electron chi connectivity index (χ2n) is 4.88. The molecule has 0 aromatic rings. The van der Waals surface area contributed by atoms with Crippen molar-refractivity contribution in [3.8, 4) is 0 Å². The van der Waals surface area contributed by atoms with E-state index in [0.29, 0.717) is 19.7 Å². The maximum absolute atomic E-state index is 11.7. The highest BCUT2D eigenvalue weighted by Gasteiger charge is 2.20. The quantitative estimate of drug-likeness (QED) is 0.738. The molecule has 0 radical (unpaired) electrons. The van der Waals surface area contributed by atoms with Crippen molar-refractivity contribution < 1.29 is 9.53 Å². The summed E-state index contributed by atoms with van der Waals surface area (Å²) < 4.78 is 5.55. The molecule has 94 valence electrons. The molecule has 0 spiro atoms. The number of amides is 1. The molecule has 1 N–H and O–H groups in total. The van der Waals surface area contributed by atoms with Gasteiger partial charge >= 0.3 is 0 Å². The van der Waals surface area contributed by atoms with Crippen LogP contribution in [0.25, 0.3) is 0 Å². The minimum atomic E-state index is -0.194. The van der Waals surface area contributed by atoms with E-state index in [0.717, 1.165) is 25.9 Å². The van der Waals surface area contributed by atoms with Crippen molar-refractivity contribution in [2.24, 2.45) is 0 Å². The van der Waals surface area contributed by atoms with E-state index in [1.54, 1.807) is 0 Å². The molecule has 0 bridgehead atoms. The van der Waals surface area contributed by atoms with Crippen molar-refractivity contribution in [2.45, 2.75) is 39.2 Å². The molecule has 0 saturated carbocycles. The summed E-state index contributed by atoms with van der Waals surface area (Å²) in [6, 6.07) is 0. The summed E-state index contributed by atoms with van der Waals surface area (Å²) in [6.07, 6.45) is 2.30. The first-order valence-corrected chi connectivity index (χ1v) is 6.17. The number of nitrogens with zero attached hydrogens (tertiary/aromatic N) is 1. The van der Waals surface area contributed by atoms with Crippen LogP contribution in [0.4, 0.5) is 0 Å². The lowest BCUT2D eigenvalue weighted by Crippen LogP contribution is -2.43. The van der Waals surface area contributed by atoms with Gasteiger partial charge in [-0.3, -0.25) is 4.79 Å². The first kappa shape index (κ1) is 13.5. The predicted molar refractivity (Wildman–Crippen MR) is 64.4 cm³/mol. The maximum Gasteiger partial charge on any atom is 0.236 e. The van der Waals surface area contributed by atoms with E-state index in [9.17, 15) is 4.79 Å². The van der Waals surface area contributed by atoms with E-state index in [1.165, 1.54) is 0 Å². The van der Waals surface area contributed by atoms with E-state index < -0.39 is 0 Å². The molecule has 1 aliphatic heterocycles. The molecule has 0 atom stereocenters. The zero-order valence-corrected chi connectivity index (χ0v) is 10.7. The Hall–Kier alpha value is -0.610. The van der Waals surface area contributed by atoms with Gasteiger partial charge in [-0.25, -0.2) is 0 Å². The summed E-state index contributed by atoms with van der Waals surface area (Å²) in [5.74, 6) is 0.213. The van der Waals surface area contributed by atoms with Gasteiger partial charge in [0, 0.05) is 26.2 Å². The molecule has 4 heteroatoms. The van der Waals surface area contributed by atoms with Gasteiger partial charge in [-0.05, 0) is 33.6 Å². The fourth-order valence-electron chi connectivity index (χ4n) is 1.99. The van der Waals surface area contributed by atoms with Crippen LogP contribution < -0.4 is 5.32 Å². The molecule has 1 rings (SSSR count). The van der Waals surface area contributed by atoms with Crippen molar-refractivity contribution in [1.82, 2.24) is 10.2 Å². The number of ether oxygens (including phenoxy) is 1. The van der Waals surface area contributed by atoms with Crippen LogP contribution in [0.15, 0.2) is 0 Å². The highest BCUT2D eigenvalue weighted by Crippen LogP contribution is 2.08. The van der Waals surface area contributed by atoms with Gasteiger partial charge in [0.1, 0.15) is 0 Å². The predicted octanol–water partition coefficient (Wildman–Crippen LogP) is 1.01. The third kappa shape index (κ3) is 4.49. The Kier molecular flexibility index (Phi) is 5.22. The van der Waals surface area contributed by atoms with Gasteiger partial charge in [-0.1, -0.05) is 0 Å². The van der Waals surface area contributed by atoms with Crippen LogP contribution in [-0.2, 0) is 9.53 Å². The lowest BCUT2D eigenvalue weighted by atomic mass is 10.1. The Morgan fingerprint density at radius 1 is 1.38 bits per heavy atom. The van der Waals surface area contributed by atoms with Crippen molar-refractivity contribution in [2.75, 3.05) is 32.8 Å². The van der Waals surface area contributed by atoms with Crippen molar-refractivity contribution in [3.05, 3.63) is 0 Å². The van der Waals surface area contributed by atoms with Crippen LogP contribution in [-0.4, -0.2) is 49.2 Å². The topological polar surface area (TPSA) is 41.6 Å². The fourth-order valence-corrected chi connectivity index (χ4v) is 1.99. The lowest BCUT2D eigenvalue weighted by molar-refractivity contribution is -0.129. The fraction of sp³-hybridized carbons (Fsp3) is 0.917. The Bertz CT molecular complexity index is 223. The van der Waals surface area contributed by atoms with E-state index in [4.69, 9.17) is 4.74 Å². The Balaban J connectivity index is 2.16. The molecule has 0 aliphatic carbocycles. The average molecular weight is 228 g/mol. The zero-order valence-electron chi connectivity index (χ0n) is 10.7. The second-order valence-corrected chi connectivity index (χ2v) is 4.88. The van der Waals surface area contributed by atoms with Gasteiger partial charge in [0.25, 0.3) is 0 Å². The first-order valence-electron chi connectivity index (χ1n) is 6.17. The molecule has 0 aromatic heterocycles. The smallest absolute Gasteiger partial charge is 0.236 e. The molecule has 1 amide bonds. The molecule has 0 unspecified atom stereocenters. The number of rotatable bonds is 6. The van der Waals surface area contributed by atoms with Crippen LogP contribution in [0.2, 0.25) is 0 Å². The Labute approximate surface area is 98.3 Å². The number of carbonyl (C=O) groups is 1. The third-order valence-corrected chi connectivity index (χ3v) is 2.82. The lowest BCUT2D eigenvalue weighted by Gasteiger charge is -2.25. The van der Waals surface area contributed by atoms with Crippen molar-refractivity contribution in [1.29, 1.82) is 0 Å². The first-order chi connectivity index (χ1) is 7.55. The van der Waals surface area contributed by atoms with E-state index in [-0.39, 0.29) is 11.5 Å². The minimum Gasteiger partial charge on any atom is -0.375 e. The molecule has 1 aliphatic rings. The Morgan fingerprint density at radius 3 is 2.56 bits per heavy atom. The number of nitrogens with one attached hydrogen (secondary N) is 1. The van der Waals surface area contributed by atoms with Crippen LogP contribution in [0.1, 0.15) is 33.6 Å². The monoisotopic (exact) mass is 228 g/mol. The molecule has 1 saturated heterocycles. The minimum absolute atomic E-state index is 0.194. The largest absolute Gasteiger partial charge is 0.375 e. The van der Waals surface area contributed by atoms with Gasteiger partial charge < -0.3 is 15.0 Å². The van der Waals surface area contributed by atoms with E-state index >= 15 is 0 Å². The standard InChI is InChI=1S/C12H24N2O2/c1-4-16-12(2,3)10-13-9-11(15)14-7-5-6-8-14/h13H,4-10H2,1-3H3. The number of hydrogen-bond acceptors (Lipinski definition) is 3. The molecular formula is C12H24N2O2. The highest BCUT2D eigenvalue weighted by molar-refractivity contribution is 5.78. The van der Waals surface area contributed by atoms with Crippen molar-refractivity contribution >= 4 is 5.91 Å². The number of hydrogen-bond donors (Lipinski definition) is 1. The zero-order chi connectivity index (χ0) is 12.0. The van der Waals surface area contributed by atoms with Gasteiger partial charge in [0.2, 0.25) is 5.91 Å². The van der Waals surface area contributed by atoms with Crippen LogP contribution >= 0.6 is 0 Å². The molecule has 1 heterocycles. The van der Waals surface area contributed by atoms with Crippen LogP contribution in [0.5, 0.6) is 0 Å². The highest BCUT2D eigenvalue weighted by atomic mass is 16.5. The molecule has 4 nitrogen and oxygen atoms in total. The third-order valence-electron chi connectivity index (χ3n) is 2.82. The molecule has 0 aromatic carbocycles. The average Bonchev–Trinajstić information content (AvgIpc) is 2.69. The summed E-state index contributed by atoms with van der Waals surface area (Å²) >= 11 is 0. The molecular weight excluding hydrogens is 204 g/mol. The molecule has 16 heavy (non-hydrogen) atoms. The second kappa shape index (κ2) is 6.21. The van der Waals surface area contributed by atoms with E-state index in [2.05, 4.69) is 5.32 Å². The summed E-state index contributed by atoms with van der Waals surface area (Å²) in [6.45, 7) is 9.74. The summed E-state index contributed by atoms with van der Waals surface area (Å²) in [5, 5.41) is 3.17. The summed E-state index contributed by atoms with van der Waals surface area (Å²) in [7, 11) is 0.